The summed E-state index contributed by atoms with van der Waals surface area (Å²) in [4.78, 5) is 0. The summed E-state index contributed by atoms with van der Waals surface area (Å²) in [6, 6.07) is 0. The van der Waals surface area contributed by atoms with E-state index in [0.29, 0.717) is 0 Å². The largest absolute Gasteiger partial charge is 0.534 e. The maximum absolute atomic E-state index is 11.8. The van der Waals surface area contributed by atoms with E-state index >= 15 is 0 Å². The van der Waals surface area contributed by atoms with Crippen molar-refractivity contribution in [2.45, 2.75) is 26.2 Å². The average Bonchev–Trinajstić information content (AvgIpc) is 1.60. The Kier molecular flexibility index (Phi) is 3.22. The van der Waals surface area contributed by atoms with Gasteiger partial charge in [0.15, 0.2) is 0 Å². The van der Waals surface area contributed by atoms with Crippen LogP contribution in [0.25, 0.3) is 0 Å². The van der Waals surface area contributed by atoms with Crippen molar-refractivity contribution in [3.05, 3.63) is 0 Å². The Morgan fingerprint density at radius 2 is 1.70 bits per heavy atom. The summed E-state index contributed by atoms with van der Waals surface area (Å²) in [6.07, 6.45) is 0.142. The molecule has 0 aliphatic heterocycles. The fourth-order valence-corrected chi connectivity index (χ4v) is 0.760. The molecule has 0 aliphatic carbocycles. The molecule has 0 amide bonds. The topological polar surface area (TPSA) is 27.6 Å². The van der Waals surface area contributed by atoms with Gasteiger partial charge in [-0.25, -0.2) is 0 Å². The summed E-state index contributed by atoms with van der Waals surface area (Å²) < 4.78 is 35.4. The zero-order chi connectivity index (χ0) is 8.36. The summed E-state index contributed by atoms with van der Waals surface area (Å²) in [5.74, 6) is -1.27. The molecule has 0 aliphatic rings. The monoisotopic (exact) mass is 154 g/mol. The highest BCUT2D eigenvalue weighted by atomic mass is 19.3. The van der Waals surface area contributed by atoms with E-state index in [9.17, 15) is 12.9 Å². The van der Waals surface area contributed by atoms with Gasteiger partial charge in [-0.3, -0.25) is 0 Å². The first-order valence-corrected chi connectivity index (χ1v) is 3.37. The van der Waals surface area contributed by atoms with Crippen LogP contribution in [0.15, 0.2) is 0 Å². The van der Waals surface area contributed by atoms with Crippen LogP contribution < -0.4 is 5.73 Å². The second kappa shape index (κ2) is 3.28. The minimum atomic E-state index is -4.71. The molecule has 0 bridgehead atoms. The van der Waals surface area contributed by atoms with Crippen molar-refractivity contribution in [3.8, 4) is 0 Å². The van der Waals surface area contributed by atoms with Gasteiger partial charge in [0.1, 0.15) is 0 Å². The van der Waals surface area contributed by atoms with Gasteiger partial charge < -0.3 is 18.7 Å². The Hall–Kier alpha value is -0.185. The van der Waals surface area contributed by atoms with Gasteiger partial charge in [-0.1, -0.05) is 13.8 Å². The SMILES string of the molecule is CC(C)C[C@H]([NH3+])[B-](F)(F)[18F]. The maximum Gasteiger partial charge on any atom is 0.534 e. The lowest BCUT2D eigenvalue weighted by atomic mass is 9.75. The molecule has 1 nitrogen and oxygen atoms in total. The van der Waals surface area contributed by atoms with Crippen LogP contribution in [0.3, 0.4) is 0 Å². The molecule has 0 saturated heterocycles. The molecule has 0 spiro atoms. The molecule has 0 heterocycles. The van der Waals surface area contributed by atoms with Gasteiger partial charge >= 0.3 is 6.98 Å². The van der Waals surface area contributed by atoms with Gasteiger partial charge in [-0.15, -0.1) is 0 Å². The van der Waals surface area contributed by atoms with Gasteiger partial charge in [0.2, 0.25) is 0 Å². The molecular weight excluding hydrogens is 141 g/mol. The minimum Gasteiger partial charge on any atom is -0.445 e. The highest BCUT2D eigenvalue weighted by Gasteiger charge is 2.35. The second-order valence-electron chi connectivity index (χ2n) is 3.02. The fourth-order valence-electron chi connectivity index (χ4n) is 0.760. The lowest BCUT2D eigenvalue weighted by Crippen LogP contribution is -2.70. The molecule has 10 heavy (non-hydrogen) atoms. The normalized spacial score (nSPS) is 15.9. The van der Waals surface area contributed by atoms with E-state index in [1.165, 1.54) is 0 Å². The Morgan fingerprint density at radius 1 is 1.30 bits per heavy atom. The van der Waals surface area contributed by atoms with E-state index in [4.69, 9.17) is 0 Å². The van der Waals surface area contributed by atoms with E-state index in [0.717, 1.165) is 0 Å². The van der Waals surface area contributed by atoms with Crippen molar-refractivity contribution in [1.29, 1.82) is 0 Å². The molecule has 0 aromatic carbocycles. The first kappa shape index (κ1) is 9.81. The summed E-state index contributed by atoms with van der Waals surface area (Å²) >= 11 is 0. The lowest BCUT2D eigenvalue weighted by molar-refractivity contribution is -0.402. The van der Waals surface area contributed by atoms with Crippen molar-refractivity contribution >= 4 is 6.98 Å². The number of halogens is 3. The summed E-state index contributed by atoms with van der Waals surface area (Å²) in [6.45, 7) is -1.18. The van der Waals surface area contributed by atoms with Crippen LogP contribution in [0.4, 0.5) is 12.9 Å². The molecule has 62 valence electrons. The van der Waals surface area contributed by atoms with E-state index in [2.05, 4.69) is 5.73 Å². The van der Waals surface area contributed by atoms with Gasteiger partial charge in [0.25, 0.3) is 0 Å². The van der Waals surface area contributed by atoms with E-state index in [1.54, 1.807) is 13.8 Å². The van der Waals surface area contributed by atoms with E-state index in [-0.39, 0.29) is 12.3 Å². The third-order valence-electron chi connectivity index (χ3n) is 1.31. The molecule has 0 rings (SSSR count). The van der Waals surface area contributed by atoms with Gasteiger partial charge in [0.05, 0.1) is 5.94 Å². The smallest absolute Gasteiger partial charge is 0.445 e. The number of rotatable bonds is 3. The first-order chi connectivity index (χ1) is 4.34. The quantitative estimate of drug-likeness (QED) is 0.588. The maximum atomic E-state index is 11.8. The van der Waals surface area contributed by atoms with Crippen LogP contribution >= 0.6 is 0 Å². The predicted molar refractivity (Wildman–Crippen MR) is 35.2 cm³/mol. The summed E-state index contributed by atoms with van der Waals surface area (Å²) in [7, 11) is 0. The zero-order valence-corrected chi connectivity index (χ0v) is 6.28. The van der Waals surface area contributed by atoms with Gasteiger partial charge in [0, 0.05) is 0 Å². The summed E-state index contributed by atoms with van der Waals surface area (Å²) in [5.41, 5.74) is 3.05. The Morgan fingerprint density at radius 3 is 1.80 bits per heavy atom. The first-order valence-electron chi connectivity index (χ1n) is 3.37. The fraction of sp³-hybridized carbons (Fsp3) is 1.00. The van der Waals surface area contributed by atoms with Crippen molar-refractivity contribution in [1.82, 2.24) is 0 Å². The number of hydrogen-bond acceptors (Lipinski definition) is 0. The van der Waals surface area contributed by atoms with Gasteiger partial charge in [-0.2, -0.15) is 0 Å². The highest BCUT2D eigenvalue weighted by Crippen LogP contribution is 2.16. The zero-order valence-electron chi connectivity index (χ0n) is 6.28. The van der Waals surface area contributed by atoms with Crippen LogP contribution in [-0.4, -0.2) is 12.9 Å². The van der Waals surface area contributed by atoms with Crippen LogP contribution in [0.2, 0.25) is 0 Å². The van der Waals surface area contributed by atoms with Crippen LogP contribution in [0.1, 0.15) is 20.3 Å². The summed E-state index contributed by atoms with van der Waals surface area (Å²) in [5, 5.41) is 0. The lowest BCUT2D eigenvalue weighted by Gasteiger charge is -2.20. The Bertz CT molecular complexity index is 102. The minimum absolute atomic E-state index is 0.0750. The standard InChI is InChI=1S/C5H12BF3N/c1-4(2)3-5(10)6(7,8)9/h4-5H,3,10H2,1-2H3/q-1/p+1/t5-/m0/s1/i7-1. The molecule has 1 atom stereocenters. The Balaban J connectivity index is 3.73. The predicted octanol–water partition coefficient (Wildman–Crippen LogP) is 1.03. The van der Waals surface area contributed by atoms with Gasteiger partial charge in [-0.05, 0) is 12.3 Å². The molecular formula is C5H13BF3N. The highest BCUT2D eigenvalue weighted by molar-refractivity contribution is 6.59. The van der Waals surface area contributed by atoms with E-state index < -0.39 is 12.9 Å². The second-order valence-corrected chi connectivity index (χ2v) is 3.02. The van der Waals surface area contributed by atoms with Crippen molar-refractivity contribution in [3.63, 3.8) is 0 Å². The van der Waals surface area contributed by atoms with Crippen molar-refractivity contribution in [2.75, 3.05) is 0 Å². The van der Waals surface area contributed by atoms with E-state index in [1.807, 2.05) is 0 Å². The van der Waals surface area contributed by atoms with Crippen molar-refractivity contribution in [2.24, 2.45) is 5.92 Å². The molecule has 0 aromatic rings. The van der Waals surface area contributed by atoms with Crippen LogP contribution in [0, 0.1) is 5.92 Å². The molecule has 0 saturated carbocycles. The van der Waals surface area contributed by atoms with Crippen LogP contribution in [-0.2, 0) is 0 Å². The van der Waals surface area contributed by atoms with Crippen LogP contribution in [0.5, 0.6) is 0 Å². The molecule has 5 heteroatoms. The van der Waals surface area contributed by atoms with Crippen molar-refractivity contribution < 1.29 is 18.7 Å². The third-order valence-corrected chi connectivity index (χ3v) is 1.31. The Labute approximate surface area is 58.8 Å². The molecule has 0 unspecified atom stereocenters. The molecule has 3 N–H and O–H groups in total. The molecule has 0 radical (unpaired) electrons. The molecule has 0 aromatic heterocycles. The average molecular weight is 154 g/mol. The third kappa shape index (κ3) is 3.77. The number of quaternary nitrogens is 1. The number of hydrogen-bond donors (Lipinski definition) is 1. The molecule has 0 fully saturated rings.